The minimum absolute atomic E-state index is 0.00741. The van der Waals surface area contributed by atoms with E-state index in [1.54, 1.807) is 6.07 Å². The molecule has 0 bridgehead atoms. The minimum atomic E-state index is -4.84. The Kier molecular flexibility index (Phi) is 6.38. The van der Waals surface area contributed by atoms with Gasteiger partial charge in [-0.05, 0) is 30.3 Å². The lowest BCUT2D eigenvalue weighted by atomic mass is 10.2. The number of rotatable bonds is 6. The molecule has 0 spiro atoms. The van der Waals surface area contributed by atoms with Gasteiger partial charge in [-0.2, -0.15) is 0 Å². The van der Waals surface area contributed by atoms with Gasteiger partial charge in [0.2, 0.25) is 0 Å². The summed E-state index contributed by atoms with van der Waals surface area (Å²) in [4.78, 5) is 25.0. The van der Waals surface area contributed by atoms with Crippen LogP contribution in [0.1, 0.15) is 15.9 Å². The van der Waals surface area contributed by atoms with Gasteiger partial charge >= 0.3 is 12.3 Å². The van der Waals surface area contributed by atoms with Gasteiger partial charge in [-0.15, -0.1) is 13.2 Å². The Morgan fingerprint density at radius 2 is 1.67 bits per heavy atom. The van der Waals surface area contributed by atoms with E-state index in [-0.39, 0.29) is 12.1 Å². The van der Waals surface area contributed by atoms with Crippen LogP contribution < -0.4 is 4.74 Å². The fourth-order valence-corrected chi connectivity index (χ4v) is 2.08. The minimum Gasteiger partial charge on any atom is -0.452 e. The predicted octanol–water partition coefficient (Wildman–Crippen LogP) is 3.54. The first kappa shape index (κ1) is 20.2. The number of carbonyl (C=O) groups is 2. The number of esters is 1. The highest BCUT2D eigenvalue weighted by atomic mass is 19.4. The summed E-state index contributed by atoms with van der Waals surface area (Å²) in [5.41, 5.74) is 0.258. The normalized spacial score (nSPS) is 11.0. The molecular formula is C18H15F4NO4. The largest absolute Gasteiger partial charge is 0.573 e. The van der Waals surface area contributed by atoms with Crippen molar-refractivity contribution >= 4 is 11.9 Å². The van der Waals surface area contributed by atoms with Gasteiger partial charge in [-0.1, -0.05) is 18.2 Å². The highest BCUT2D eigenvalue weighted by Gasteiger charge is 2.31. The van der Waals surface area contributed by atoms with Crippen LogP contribution in [0.5, 0.6) is 5.75 Å². The van der Waals surface area contributed by atoms with Crippen LogP contribution in [0.15, 0.2) is 48.5 Å². The number of nitrogens with zero attached hydrogens (tertiary/aromatic N) is 1. The zero-order chi connectivity index (χ0) is 20.0. The maximum absolute atomic E-state index is 13.6. The molecule has 9 heteroatoms. The zero-order valence-electron chi connectivity index (χ0n) is 14.1. The van der Waals surface area contributed by atoms with E-state index in [0.717, 1.165) is 24.3 Å². The van der Waals surface area contributed by atoms with E-state index < -0.39 is 36.4 Å². The SMILES string of the molecule is CN(Cc1ccccc1F)C(=O)COC(=O)c1ccc(OC(F)(F)F)cc1. The summed E-state index contributed by atoms with van der Waals surface area (Å²) in [6.45, 7) is -0.600. The topological polar surface area (TPSA) is 55.8 Å². The van der Waals surface area contributed by atoms with Crippen LogP contribution in [-0.2, 0) is 16.1 Å². The number of ether oxygens (including phenoxy) is 2. The molecule has 0 N–H and O–H groups in total. The van der Waals surface area contributed by atoms with Crippen molar-refractivity contribution in [3.8, 4) is 5.75 Å². The summed E-state index contributed by atoms with van der Waals surface area (Å²) in [6, 6.07) is 10.0. The van der Waals surface area contributed by atoms with Crippen molar-refractivity contribution < 1.29 is 36.6 Å². The fourth-order valence-electron chi connectivity index (χ4n) is 2.08. The van der Waals surface area contributed by atoms with Crippen LogP contribution in [0.3, 0.4) is 0 Å². The molecule has 2 aromatic carbocycles. The van der Waals surface area contributed by atoms with Crippen LogP contribution in [0.2, 0.25) is 0 Å². The third-order valence-electron chi connectivity index (χ3n) is 3.44. The molecule has 2 rings (SSSR count). The number of alkyl halides is 3. The quantitative estimate of drug-likeness (QED) is 0.564. The Bertz CT molecular complexity index is 806. The van der Waals surface area contributed by atoms with E-state index in [1.807, 2.05) is 0 Å². The van der Waals surface area contributed by atoms with E-state index >= 15 is 0 Å². The second kappa shape index (κ2) is 8.52. The molecule has 0 heterocycles. The van der Waals surface area contributed by atoms with Crippen LogP contribution in [0, 0.1) is 5.82 Å². The first-order valence-electron chi connectivity index (χ1n) is 7.66. The third kappa shape index (κ3) is 6.28. The Labute approximate surface area is 152 Å². The lowest BCUT2D eigenvalue weighted by Gasteiger charge is -2.17. The van der Waals surface area contributed by atoms with Gasteiger partial charge < -0.3 is 14.4 Å². The molecule has 0 aromatic heterocycles. The van der Waals surface area contributed by atoms with Crippen LogP contribution in [0.4, 0.5) is 17.6 Å². The second-order valence-electron chi connectivity index (χ2n) is 5.49. The van der Waals surface area contributed by atoms with Gasteiger partial charge in [0.1, 0.15) is 11.6 Å². The van der Waals surface area contributed by atoms with E-state index in [9.17, 15) is 27.2 Å². The molecule has 0 aliphatic rings. The monoisotopic (exact) mass is 385 g/mol. The Morgan fingerprint density at radius 1 is 1.04 bits per heavy atom. The van der Waals surface area contributed by atoms with Crippen molar-refractivity contribution in [1.29, 1.82) is 0 Å². The Morgan fingerprint density at radius 3 is 2.26 bits per heavy atom. The lowest BCUT2D eigenvalue weighted by molar-refractivity contribution is -0.274. The summed E-state index contributed by atoms with van der Waals surface area (Å²) < 4.78 is 58.4. The van der Waals surface area contributed by atoms with Crippen molar-refractivity contribution in [1.82, 2.24) is 4.90 Å². The second-order valence-corrected chi connectivity index (χ2v) is 5.49. The molecule has 5 nitrogen and oxygen atoms in total. The van der Waals surface area contributed by atoms with Crippen LogP contribution in [0.25, 0.3) is 0 Å². The van der Waals surface area contributed by atoms with E-state index in [0.29, 0.717) is 5.56 Å². The number of halogens is 4. The molecule has 0 atom stereocenters. The van der Waals surface area contributed by atoms with Crippen LogP contribution >= 0.6 is 0 Å². The van der Waals surface area contributed by atoms with Gasteiger partial charge in [0.15, 0.2) is 6.61 Å². The number of hydrogen-bond acceptors (Lipinski definition) is 4. The number of carbonyl (C=O) groups excluding carboxylic acids is 2. The average Bonchev–Trinajstić information content (AvgIpc) is 2.60. The van der Waals surface area contributed by atoms with Gasteiger partial charge in [0.05, 0.1) is 5.56 Å². The summed E-state index contributed by atoms with van der Waals surface area (Å²) in [7, 11) is 1.42. The van der Waals surface area contributed by atoms with E-state index in [1.165, 1.54) is 30.1 Å². The maximum Gasteiger partial charge on any atom is 0.573 e. The van der Waals surface area contributed by atoms with Crippen molar-refractivity contribution in [3.63, 3.8) is 0 Å². The number of hydrogen-bond donors (Lipinski definition) is 0. The Balaban J connectivity index is 1.87. The number of benzene rings is 2. The van der Waals surface area contributed by atoms with Gasteiger partial charge in [0.25, 0.3) is 5.91 Å². The van der Waals surface area contributed by atoms with Crippen molar-refractivity contribution in [2.75, 3.05) is 13.7 Å². The van der Waals surface area contributed by atoms with E-state index in [4.69, 9.17) is 4.74 Å². The molecule has 0 aliphatic heterocycles. The molecule has 0 unspecified atom stereocenters. The van der Waals surface area contributed by atoms with Gasteiger partial charge in [0, 0.05) is 19.2 Å². The van der Waals surface area contributed by atoms with Crippen molar-refractivity contribution in [2.45, 2.75) is 12.9 Å². The summed E-state index contributed by atoms with van der Waals surface area (Å²) in [5.74, 6) is -2.40. The van der Waals surface area contributed by atoms with Gasteiger partial charge in [-0.3, -0.25) is 4.79 Å². The molecule has 0 saturated carbocycles. The molecular weight excluding hydrogens is 370 g/mol. The fraction of sp³-hybridized carbons (Fsp3) is 0.222. The molecule has 0 aliphatic carbocycles. The van der Waals surface area contributed by atoms with Crippen molar-refractivity contribution in [3.05, 3.63) is 65.5 Å². The molecule has 0 saturated heterocycles. The summed E-state index contributed by atoms with van der Waals surface area (Å²) in [6.07, 6.45) is -4.84. The first-order chi connectivity index (χ1) is 12.7. The first-order valence-corrected chi connectivity index (χ1v) is 7.66. The van der Waals surface area contributed by atoms with Crippen molar-refractivity contribution in [2.24, 2.45) is 0 Å². The average molecular weight is 385 g/mol. The highest BCUT2D eigenvalue weighted by molar-refractivity contribution is 5.91. The number of amides is 1. The Hall–Kier alpha value is -3.10. The van der Waals surface area contributed by atoms with Crippen LogP contribution in [-0.4, -0.2) is 36.8 Å². The summed E-state index contributed by atoms with van der Waals surface area (Å²) >= 11 is 0. The molecule has 144 valence electrons. The molecule has 0 fully saturated rings. The lowest BCUT2D eigenvalue weighted by Crippen LogP contribution is -2.31. The molecule has 2 aromatic rings. The standard InChI is InChI=1S/C18H15F4NO4/c1-23(10-13-4-2-3-5-15(13)19)16(24)11-26-17(25)12-6-8-14(9-7-12)27-18(20,21)22/h2-9H,10-11H2,1H3. The highest BCUT2D eigenvalue weighted by Crippen LogP contribution is 2.22. The molecule has 0 radical (unpaired) electrons. The third-order valence-corrected chi connectivity index (χ3v) is 3.44. The predicted molar refractivity (Wildman–Crippen MR) is 86.3 cm³/mol. The molecule has 1 amide bonds. The number of likely N-dealkylation sites (N-methyl/N-ethyl adjacent to an activating group) is 1. The smallest absolute Gasteiger partial charge is 0.452 e. The maximum atomic E-state index is 13.6. The summed E-state index contributed by atoms with van der Waals surface area (Å²) in [5, 5.41) is 0. The van der Waals surface area contributed by atoms with E-state index in [2.05, 4.69) is 4.74 Å². The molecule has 27 heavy (non-hydrogen) atoms. The van der Waals surface area contributed by atoms with Gasteiger partial charge in [-0.25, -0.2) is 9.18 Å². The zero-order valence-corrected chi connectivity index (χ0v) is 14.1.